The standard InChI is InChI=1S/C24H32N6O6/c1-3-35-19(31)12-11-18(23(34)36-4-2)28-21(32)14-5-7-15(8-6-14)26-13-16-9-10-17-20(27-16)22(33)30-24(25)29-17/h5-8,16,18,26-27H,3-4,9-13H2,1-2H3,(H,28,32)(H3,25,29,30,33)/t16?,18-/m0/s1. The fourth-order valence-electron chi connectivity index (χ4n) is 3.82. The largest absolute Gasteiger partial charge is 0.466 e. The molecule has 1 aromatic carbocycles. The first-order valence-corrected chi connectivity index (χ1v) is 11.9. The summed E-state index contributed by atoms with van der Waals surface area (Å²) in [5, 5.41) is 9.12. The van der Waals surface area contributed by atoms with E-state index in [1.165, 1.54) is 0 Å². The quantitative estimate of drug-likeness (QED) is 0.282. The second kappa shape index (κ2) is 12.6. The molecule has 1 unspecified atom stereocenters. The van der Waals surface area contributed by atoms with Crippen molar-refractivity contribution < 1.29 is 23.9 Å². The highest BCUT2D eigenvalue weighted by Crippen LogP contribution is 2.20. The fourth-order valence-corrected chi connectivity index (χ4v) is 3.82. The number of H-pyrrole nitrogens is 1. The highest BCUT2D eigenvalue weighted by atomic mass is 16.5. The minimum absolute atomic E-state index is 0.0109. The zero-order valence-corrected chi connectivity index (χ0v) is 20.4. The molecular formula is C24H32N6O6. The zero-order valence-electron chi connectivity index (χ0n) is 20.4. The Morgan fingerprint density at radius 2 is 1.89 bits per heavy atom. The molecule has 36 heavy (non-hydrogen) atoms. The summed E-state index contributed by atoms with van der Waals surface area (Å²) in [6, 6.07) is 5.81. The third-order valence-electron chi connectivity index (χ3n) is 5.61. The summed E-state index contributed by atoms with van der Waals surface area (Å²) >= 11 is 0. The molecule has 2 atom stereocenters. The van der Waals surface area contributed by atoms with Crippen LogP contribution in [0.3, 0.4) is 0 Å². The molecule has 0 bridgehead atoms. The molecular weight excluding hydrogens is 468 g/mol. The number of fused-ring (bicyclic) bond motifs is 1. The van der Waals surface area contributed by atoms with Crippen LogP contribution in [-0.4, -0.2) is 59.7 Å². The molecule has 0 saturated heterocycles. The number of aryl methyl sites for hydroxylation is 1. The van der Waals surface area contributed by atoms with Gasteiger partial charge >= 0.3 is 11.9 Å². The molecule has 0 radical (unpaired) electrons. The Bertz CT molecular complexity index is 1130. The van der Waals surface area contributed by atoms with E-state index in [2.05, 4.69) is 25.9 Å². The van der Waals surface area contributed by atoms with Crippen LogP contribution >= 0.6 is 0 Å². The number of nitrogens with one attached hydrogen (secondary N) is 4. The van der Waals surface area contributed by atoms with Gasteiger partial charge < -0.3 is 31.2 Å². The number of esters is 2. The molecule has 2 heterocycles. The lowest BCUT2D eigenvalue weighted by Crippen LogP contribution is -2.42. The number of nitrogens with zero attached hydrogens (tertiary/aromatic N) is 1. The first-order valence-electron chi connectivity index (χ1n) is 11.9. The van der Waals surface area contributed by atoms with Crippen molar-refractivity contribution in [3.8, 4) is 0 Å². The normalized spacial score (nSPS) is 15.1. The van der Waals surface area contributed by atoms with Crippen LogP contribution in [0, 0.1) is 0 Å². The molecule has 1 amide bonds. The van der Waals surface area contributed by atoms with E-state index in [1.807, 2.05) is 0 Å². The number of benzene rings is 1. The van der Waals surface area contributed by atoms with Crippen molar-refractivity contribution in [2.45, 2.75) is 51.6 Å². The summed E-state index contributed by atoms with van der Waals surface area (Å²) in [6.07, 6.45) is 1.47. The number of amides is 1. The van der Waals surface area contributed by atoms with E-state index in [9.17, 15) is 19.2 Å². The van der Waals surface area contributed by atoms with Crippen molar-refractivity contribution in [1.29, 1.82) is 0 Å². The van der Waals surface area contributed by atoms with Gasteiger partial charge in [0.1, 0.15) is 11.7 Å². The smallest absolute Gasteiger partial charge is 0.328 e. The molecule has 6 N–H and O–H groups in total. The van der Waals surface area contributed by atoms with E-state index in [4.69, 9.17) is 15.2 Å². The minimum atomic E-state index is -0.965. The molecule has 1 aliphatic heterocycles. The van der Waals surface area contributed by atoms with Crippen LogP contribution in [0.2, 0.25) is 0 Å². The van der Waals surface area contributed by atoms with Gasteiger partial charge in [0.15, 0.2) is 0 Å². The molecule has 1 aliphatic rings. The second-order valence-electron chi connectivity index (χ2n) is 8.23. The van der Waals surface area contributed by atoms with Gasteiger partial charge in [0, 0.05) is 30.3 Å². The van der Waals surface area contributed by atoms with Gasteiger partial charge in [0.25, 0.3) is 11.5 Å². The van der Waals surface area contributed by atoms with Crippen LogP contribution in [0.4, 0.5) is 17.3 Å². The van der Waals surface area contributed by atoms with Crippen molar-refractivity contribution in [2.24, 2.45) is 0 Å². The lowest BCUT2D eigenvalue weighted by atomic mass is 10.0. The number of hydrogen-bond acceptors (Lipinski definition) is 10. The predicted octanol–water partition coefficient (Wildman–Crippen LogP) is 1.20. The molecule has 0 aliphatic carbocycles. The number of carbonyl (C=O) groups is 3. The number of nitrogen functional groups attached to an aromatic ring is 1. The van der Waals surface area contributed by atoms with Gasteiger partial charge in [-0.15, -0.1) is 0 Å². The van der Waals surface area contributed by atoms with Crippen LogP contribution in [0.5, 0.6) is 0 Å². The molecule has 12 heteroatoms. The average molecular weight is 501 g/mol. The molecule has 194 valence electrons. The number of hydrogen-bond donors (Lipinski definition) is 5. The van der Waals surface area contributed by atoms with Crippen molar-refractivity contribution in [3.05, 3.63) is 45.9 Å². The number of ether oxygens (including phenoxy) is 2. The monoisotopic (exact) mass is 500 g/mol. The number of aromatic amines is 1. The average Bonchev–Trinajstić information content (AvgIpc) is 2.85. The van der Waals surface area contributed by atoms with E-state index < -0.39 is 23.9 Å². The Balaban J connectivity index is 1.54. The van der Waals surface area contributed by atoms with E-state index in [0.29, 0.717) is 29.9 Å². The molecule has 12 nitrogen and oxygen atoms in total. The lowest BCUT2D eigenvalue weighted by molar-refractivity contribution is -0.146. The fraction of sp³-hybridized carbons (Fsp3) is 0.458. The highest BCUT2D eigenvalue weighted by Gasteiger charge is 2.24. The predicted molar refractivity (Wildman–Crippen MR) is 134 cm³/mol. The Kier molecular flexibility index (Phi) is 9.25. The zero-order chi connectivity index (χ0) is 26.1. The number of anilines is 3. The van der Waals surface area contributed by atoms with Gasteiger partial charge in [-0.1, -0.05) is 0 Å². The van der Waals surface area contributed by atoms with Crippen LogP contribution in [0.25, 0.3) is 0 Å². The van der Waals surface area contributed by atoms with Gasteiger partial charge in [-0.05, 0) is 57.4 Å². The first-order chi connectivity index (χ1) is 17.3. The van der Waals surface area contributed by atoms with E-state index in [0.717, 1.165) is 12.1 Å². The SMILES string of the molecule is CCOC(=O)CC[C@H](NC(=O)c1ccc(NCC2CCc3nc(N)[nH]c(=O)c3N2)cc1)C(=O)OCC. The second-order valence-corrected chi connectivity index (χ2v) is 8.23. The van der Waals surface area contributed by atoms with Crippen LogP contribution in [0.1, 0.15) is 49.2 Å². The Labute approximate surface area is 208 Å². The summed E-state index contributed by atoms with van der Waals surface area (Å²) in [6.45, 7) is 4.31. The topological polar surface area (TPSA) is 178 Å². The highest BCUT2D eigenvalue weighted by molar-refractivity contribution is 5.97. The van der Waals surface area contributed by atoms with E-state index >= 15 is 0 Å². The molecule has 0 spiro atoms. The van der Waals surface area contributed by atoms with Crippen LogP contribution < -0.4 is 27.2 Å². The number of aromatic nitrogens is 2. The van der Waals surface area contributed by atoms with Gasteiger partial charge in [0.2, 0.25) is 5.95 Å². The Morgan fingerprint density at radius 3 is 2.58 bits per heavy atom. The first kappa shape index (κ1) is 26.5. The number of carbonyl (C=O) groups excluding carboxylic acids is 3. The molecule has 2 aromatic rings. The maximum Gasteiger partial charge on any atom is 0.328 e. The molecule has 0 saturated carbocycles. The van der Waals surface area contributed by atoms with Crippen LogP contribution in [-0.2, 0) is 25.5 Å². The lowest BCUT2D eigenvalue weighted by Gasteiger charge is -2.26. The van der Waals surface area contributed by atoms with Crippen LogP contribution in [0.15, 0.2) is 29.1 Å². The van der Waals surface area contributed by atoms with Gasteiger partial charge in [-0.2, -0.15) is 0 Å². The summed E-state index contributed by atoms with van der Waals surface area (Å²) in [5.74, 6) is -1.40. The summed E-state index contributed by atoms with van der Waals surface area (Å²) in [7, 11) is 0. The van der Waals surface area contributed by atoms with E-state index in [-0.39, 0.29) is 43.6 Å². The minimum Gasteiger partial charge on any atom is -0.466 e. The van der Waals surface area contributed by atoms with Crippen molar-refractivity contribution >= 4 is 35.2 Å². The van der Waals surface area contributed by atoms with E-state index in [1.54, 1.807) is 38.1 Å². The van der Waals surface area contributed by atoms with Gasteiger partial charge in [-0.25, -0.2) is 9.78 Å². The number of rotatable bonds is 11. The van der Waals surface area contributed by atoms with Crippen molar-refractivity contribution in [2.75, 3.05) is 36.1 Å². The van der Waals surface area contributed by atoms with Gasteiger partial charge in [-0.3, -0.25) is 19.4 Å². The van der Waals surface area contributed by atoms with Crippen molar-refractivity contribution in [3.63, 3.8) is 0 Å². The maximum absolute atomic E-state index is 12.7. The molecule has 0 fully saturated rings. The Hall–Kier alpha value is -4.09. The number of nitrogens with two attached hydrogens (primary N) is 1. The molecule has 1 aromatic heterocycles. The summed E-state index contributed by atoms with van der Waals surface area (Å²) in [4.78, 5) is 55.4. The maximum atomic E-state index is 12.7. The third-order valence-corrected chi connectivity index (χ3v) is 5.61. The summed E-state index contributed by atoms with van der Waals surface area (Å²) < 4.78 is 9.91. The molecule has 3 rings (SSSR count). The summed E-state index contributed by atoms with van der Waals surface area (Å²) in [5.41, 5.74) is 7.55. The third kappa shape index (κ3) is 7.20. The van der Waals surface area contributed by atoms with Crippen molar-refractivity contribution in [1.82, 2.24) is 15.3 Å². The van der Waals surface area contributed by atoms with Gasteiger partial charge in [0.05, 0.1) is 18.9 Å². The Morgan fingerprint density at radius 1 is 1.17 bits per heavy atom.